The van der Waals surface area contributed by atoms with Gasteiger partial charge in [0.25, 0.3) is 0 Å². The standard InChI is InChI=1S/C22H31N3O4S/c1-14(18-2-4-19(5-3-18)30(23,28)29)25-20(26)6-7-24-21(27)22-11-15-8-16(12-22)10-17(9-15)13-22/h2-5,14-17H,6-13H2,1H3,(H,24,27)(H,25,26)(H2,23,28,29). The zero-order valence-corrected chi connectivity index (χ0v) is 18.2. The number of nitrogens with two attached hydrogens (primary N) is 1. The van der Waals surface area contributed by atoms with Gasteiger partial charge in [0, 0.05) is 18.4 Å². The van der Waals surface area contributed by atoms with Crippen LogP contribution in [0.15, 0.2) is 29.2 Å². The van der Waals surface area contributed by atoms with Crippen LogP contribution in [-0.2, 0) is 19.6 Å². The molecule has 4 saturated carbocycles. The molecule has 4 aliphatic rings. The molecule has 30 heavy (non-hydrogen) atoms. The van der Waals surface area contributed by atoms with Gasteiger partial charge in [-0.25, -0.2) is 13.6 Å². The normalized spacial score (nSPS) is 30.7. The van der Waals surface area contributed by atoms with Crippen LogP contribution in [0.2, 0.25) is 0 Å². The maximum atomic E-state index is 12.9. The number of rotatable bonds is 7. The molecule has 4 N–H and O–H groups in total. The van der Waals surface area contributed by atoms with Crippen LogP contribution in [0.5, 0.6) is 0 Å². The summed E-state index contributed by atoms with van der Waals surface area (Å²) < 4.78 is 22.7. The summed E-state index contributed by atoms with van der Waals surface area (Å²) in [5.74, 6) is 2.13. The Morgan fingerprint density at radius 2 is 1.60 bits per heavy atom. The van der Waals surface area contributed by atoms with Gasteiger partial charge in [0.1, 0.15) is 0 Å². The molecular weight excluding hydrogens is 402 g/mol. The Balaban J connectivity index is 1.24. The van der Waals surface area contributed by atoms with Crippen molar-refractivity contribution in [2.45, 2.75) is 62.8 Å². The van der Waals surface area contributed by atoms with Gasteiger partial charge in [-0.1, -0.05) is 12.1 Å². The summed E-state index contributed by atoms with van der Waals surface area (Å²) in [4.78, 5) is 25.3. The largest absolute Gasteiger partial charge is 0.355 e. The molecule has 4 bridgehead atoms. The lowest BCUT2D eigenvalue weighted by Crippen LogP contribution is -2.53. The van der Waals surface area contributed by atoms with Crippen LogP contribution >= 0.6 is 0 Å². The zero-order valence-electron chi connectivity index (χ0n) is 17.4. The molecule has 0 saturated heterocycles. The molecule has 0 heterocycles. The molecule has 1 unspecified atom stereocenters. The van der Waals surface area contributed by atoms with E-state index in [0.717, 1.165) is 24.8 Å². The highest BCUT2D eigenvalue weighted by molar-refractivity contribution is 7.89. The summed E-state index contributed by atoms with van der Waals surface area (Å²) in [6.45, 7) is 2.17. The van der Waals surface area contributed by atoms with Crippen LogP contribution in [0.4, 0.5) is 0 Å². The van der Waals surface area contributed by atoms with Crippen molar-refractivity contribution in [2.24, 2.45) is 28.3 Å². The van der Waals surface area contributed by atoms with Crippen LogP contribution in [0.3, 0.4) is 0 Å². The number of hydrogen-bond acceptors (Lipinski definition) is 4. The lowest BCUT2D eigenvalue weighted by molar-refractivity contribution is -0.146. The van der Waals surface area contributed by atoms with Crippen LogP contribution in [0.1, 0.15) is 63.5 Å². The minimum Gasteiger partial charge on any atom is -0.355 e. The Morgan fingerprint density at radius 1 is 1.07 bits per heavy atom. The quantitative estimate of drug-likeness (QED) is 0.611. The fourth-order valence-electron chi connectivity index (χ4n) is 6.21. The SMILES string of the molecule is CC(NC(=O)CCNC(=O)C12CC3CC(CC(C3)C1)C2)c1ccc(S(N)(=O)=O)cc1. The third-order valence-electron chi connectivity index (χ3n) is 7.24. The smallest absolute Gasteiger partial charge is 0.238 e. The molecule has 4 fully saturated rings. The van der Waals surface area contributed by atoms with Crippen molar-refractivity contribution in [1.29, 1.82) is 0 Å². The Morgan fingerprint density at radius 3 is 2.10 bits per heavy atom. The first-order valence-corrected chi connectivity index (χ1v) is 12.4. The predicted octanol–water partition coefficient (Wildman–Crippen LogP) is 2.23. The van der Waals surface area contributed by atoms with E-state index in [1.807, 2.05) is 6.92 Å². The molecule has 5 rings (SSSR count). The molecule has 8 heteroatoms. The molecule has 7 nitrogen and oxygen atoms in total. The van der Waals surface area contributed by atoms with E-state index in [1.54, 1.807) is 12.1 Å². The highest BCUT2D eigenvalue weighted by atomic mass is 32.2. The number of nitrogens with one attached hydrogen (secondary N) is 2. The molecule has 0 aromatic heterocycles. The Kier molecular flexibility index (Phi) is 5.66. The van der Waals surface area contributed by atoms with Crippen LogP contribution < -0.4 is 15.8 Å². The van der Waals surface area contributed by atoms with E-state index in [0.29, 0.717) is 24.3 Å². The number of carbonyl (C=O) groups is 2. The van der Waals surface area contributed by atoms with Gasteiger partial charge in [0.05, 0.1) is 10.9 Å². The molecule has 4 aliphatic carbocycles. The molecule has 0 radical (unpaired) electrons. The zero-order chi connectivity index (χ0) is 21.5. The molecule has 1 aromatic rings. The van der Waals surface area contributed by atoms with Gasteiger partial charge in [-0.15, -0.1) is 0 Å². The van der Waals surface area contributed by atoms with Crippen molar-refractivity contribution in [3.8, 4) is 0 Å². The van der Waals surface area contributed by atoms with E-state index < -0.39 is 10.0 Å². The monoisotopic (exact) mass is 433 g/mol. The van der Waals surface area contributed by atoms with Crippen LogP contribution in [0.25, 0.3) is 0 Å². The second-order valence-corrected chi connectivity index (χ2v) is 11.2. The van der Waals surface area contributed by atoms with Crippen molar-refractivity contribution in [2.75, 3.05) is 6.54 Å². The van der Waals surface area contributed by atoms with Crippen molar-refractivity contribution >= 4 is 21.8 Å². The molecule has 164 valence electrons. The molecule has 0 aliphatic heterocycles. The average Bonchev–Trinajstić information content (AvgIpc) is 2.66. The minimum atomic E-state index is -3.73. The van der Waals surface area contributed by atoms with Crippen LogP contribution in [-0.4, -0.2) is 26.8 Å². The van der Waals surface area contributed by atoms with Gasteiger partial charge in [0.2, 0.25) is 21.8 Å². The van der Waals surface area contributed by atoms with Gasteiger partial charge >= 0.3 is 0 Å². The maximum Gasteiger partial charge on any atom is 0.238 e. The van der Waals surface area contributed by atoms with E-state index in [2.05, 4.69) is 10.6 Å². The highest BCUT2D eigenvalue weighted by Crippen LogP contribution is 2.60. The highest BCUT2D eigenvalue weighted by Gasteiger charge is 2.54. The summed E-state index contributed by atoms with van der Waals surface area (Å²) in [5.41, 5.74) is 0.595. The fraction of sp³-hybridized carbons (Fsp3) is 0.636. The van der Waals surface area contributed by atoms with Crippen molar-refractivity contribution in [3.05, 3.63) is 29.8 Å². The molecule has 2 amide bonds. The second-order valence-electron chi connectivity index (χ2n) is 9.61. The summed E-state index contributed by atoms with van der Waals surface area (Å²) >= 11 is 0. The number of hydrogen-bond donors (Lipinski definition) is 3. The fourth-order valence-corrected chi connectivity index (χ4v) is 6.72. The van der Waals surface area contributed by atoms with E-state index >= 15 is 0 Å². The minimum absolute atomic E-state index is 0.0390. The van der Waals surface area contributed by atoms with Gasteiger partial charge in [-0.2, -0.15) is 0 Å². The summed E-state index contributed by atoms with van der Waals surface area (Å²) in [5, 5.41) is 11.0. The van der Waals surface area contributed by atoms with Gasteiger partial charge in [-0.05, 0) is 80.9 Å². The number of benzene rings is 1. The van der Waals surface area contributed by atoms with E-state index in [4.69, 9.17) is 5.14 Å². The van der Waals surface area contributed by atoms with Gasteiger partial charge in [-0.3, -0.25) is 9.59 Å². The van der Waals surface area contributed by atoms with E-state index in [-0.39, 0.29) is 34.6 Å². The Labute approximate surface area is 178 Å². The lowest BCUT2D eigenvalue weighted by atomic mass is 9.49. The van der Waals surface area contributed by atoms with E-state index in [9.17, 15) is 18.0 Å². The Hall–Kier alpha value is -1.93. The summed E-state index contributed by atoms with van der Waals surface area (Å²) in [6.07, 6.45) is 7.16. The third kappa shape index (κ3) is 4.39. The molecule has 1 atom stereocenters. The Bertz CT molecular complexity index is 891. The first kappa shape index (κ1) is 21.3. The third-order valence-corrected chi connectivity index (χ3v) is 8.17. The first-order chi connectivity index (χ1) is 14.1. The number of sulfonamides is 1. The summed E-state index contributed by atoms with van der Waals surface area (Å²) in [6, 6.07) is 5.86. The molecular formula is C22H31N3O4S. The summed E-state index contributed by atoms with van der Waals surface area (Å²) in [7, 11) is -3.73. The maximum absolute atomic E-state index is 12.9. The number of primary sulfonamides is 1. The van der Waals surface area contributed by atoms with E-state index in [1.165, 1.54) is 31.4 Å². The number of amides is 2. The van der Waals surface area contributed by atoms with Gasteiger partial charge in [0.15, 0.2) is 0 Å². The van der Waals surface area contributed by atoms with Crippen molar-refractivity contribution in [1.82, 2.24) is 10.6 Å². The molecule has 0 spiro atoms. The lowest BCUT2D eigenvalue weighted by Gasteiger charge is -2.55. The topological polar surface area (TPSA) is 118 Å². The number of carbonyl (C=O) groups excluding carboxylic acids is 2. The first-order valence-electron chi connectivity index (χ1n) is 10.8. The van der Waals surface area contributed by atoms with Crippen LogP contribution in [0, 0.1) is 23.2 Å². The predicted molar refractivity (Wildman–Crippen MR) is 113 cm³/mol. The molecule has 1 aromatic carbocycles. The van der Waals surface area contributed by atoms with Gasteiger partial charge < -0.3 is 10.6 Å². The van der Waals surface area contributed by atoms with Crippen molar-refractivity contribution < 1.29 is 18.0 Å². The van der Waals surface area contributed by atoms with Crippen molar-refractivity contribution in [3.63, 3.8) is 0 Å². The average molecular weight is 434 g/mol. The second kappa shape index (κ2) is 7.96.